The number of piperidine rings is 1. The van der Waals surface area contributed by atoms with Crippen molar-refractivity contribution in [2.75, 3.05) is 17.2 Å². The molecule has 1 aliphatic heterocycles. The highest BCUT2D eigenvalue weighted by molar-refractivity contribution is 5.69. The summed E-state index contributed by atoms with van der Waals surface area (Å²) in [6.45, 7) is 7.84. The Labute approximate surface area is 98.4 Å². The van der Waals surface area contributed by atoms with Crippen molar-refractivity contribution in [3.05, 3.63) is 23.8 Å². The van der Waals surface area contributed by atoms with Gasteiger partial charge in [0, 0.05) is 12.6 Å². The maximum absolute atomic E-state index is 6.12. The monoisotopic (exact) mass is 218 g/mol. The van der Waals surface area contributed by atoms with Crippen LogP contribution in [0.4, 0.5) is 11.4 Å². The van der Waals surface area contributed by atoms with E-state index in [0.29, 0.717) is 6.04 Å². The fourth-order valence-corrected chi connectivity index (χ4v) is 2.56. The van der Waals surface area contributed by atoms with Crippen LogP contribution in [0.25, 0.3) is 0 Å². The van der Waals surface area contributed by atoms with Crippen molar-refractivity contribution in [2.24, 2.45) is 5.92 Å². The van der Waals surface area contributed by atoms with Gasteiger partial charge in [-0.3, -0.25) is 0 Å². The van der Waals surface area contributed by atoms with Crippen molar-refractivity contribution < 1.29 is 0 Å². The minimum atomic E-state index is 0.612. The number of anilines is 2. The molecule has 2 N–H and O–H groups in total. The summed E-state index contributed by atoms with van der Waals surface area (Å²) in [6.07, 6.45) is 2.61. The molecule has 16 heavy (non-hydrogen) atoms. The lowest BCUT2D eigenvalue weighted by molar-refractivity contribution is 0.390. The second-order valence-electron chi connectivity index (χ2n) is 5.25. The van der Waals surface area contributed by atoms with Gasteiger partial charge >= 0.3 is 0 Å². The van der Waals surface area contributed by atoms with Crippen molar-refractivity contribution in [3.63, 3.8) is 0 Å². The Morgan fingerprint density at radius 2 is 2.00 bits per heavy atom. The standard InChI is InChI=1S/C14H22N2/c1-10-5-7-14(13(15)8-10)16-9-11(2)4-6-12(16)3/h5,7-8,11-12H,4,6,9,15H2,1-3H3. The molecule has 2 rings (SSSR count). The third-order valence-corrected chi connectivity index (χ3v) is 3.61. The van der Waals surface area contributed by atoms with Gasteiger partial charge in [-0.05, 0) is 50.3 Å². The van der Waals surface area contributed by atoms with E-state index < -0.39 is 0 Å². The van der Waals surface area contributed by atoms with Gasteiger partial charge in [0.25, 0.3) is 0 Å². The van der Waals surface area contributed by atoms with Gasteiger partial charge in [-0.15, -0.1) is 0 Å². The maximum Gasteiger partial charge on any atom is 0.0602 e. The van der Waals surface area contributed by atoms with Gasteiger partial charge in [0.2, 0.25) is 0 Å². The Morgan fingerprint density at radius 1 is 1.25 bits per heavy atom. The van der Waals surface area contributed by atoms with E-state index in [1.54, 1.807) is 0 Å². The zero-order valence-electron chi connectivity index (χ0n) is 10.5. The molecule has 2 atom stereocenters. The van der Waals surface area contributed by atoms with E-state index in [0.717, 1.165) is 18.2 Å². The molecule has 88 valence electrons. The molecule has 0 amide bonds. The van der Waals surface area contributed by atoms with Crippen LogP contribution in [0.2, 0.25) is 0 Å². The van der Waals surface area contributed by atoms with E-state index in [1.165, 1.54) is 24.1 Å². The summed E-state index contributed by atoms with van der Waals surface area (Å²) >= 11 is 0. The van der Waals surface area contributed by atoms with E-state index in [9.17, 15) is 0 Å². The molecular formula is C14H22N2. The summed E-state index contributed by atoms with van der Waals surface area (Å²) in [4.78, 5) is 2.46. The Bertz CT molecular complexity index is 373. The quantitative estimate of drug-likeness (QED) is 0.733. The Hall–Kier alpha value is -1.18. The summed E-state index contributed by atoms with van der Waals surface area (Å²) in [5.74, 6) is 0.775. The van der Waals surface area contributed by atoms with Crippen molar-refractivity contribution in [1.29, 1.82) is 0 Å². The number of aryl methyl sites for hydroxylation is 1. The molecule has 1 saturated heterocycles. The number of hydrogen-bond donors (Lipinski definition) is 1. The highest BCUT2D eigenvalue weighted by atomic mass is 15.2. The van der Waals surface area contributed by atoms with Crippen LogP contribution in [0.5, 0.6) is 0 Å². The van der Waals surface area contributed by atoms with Crippen molar-refractivity contribution in [1.82, 2.24) is 0 Å². The molecule has 2 heteroatoms. The van der Waals surface area contributed by atoms with Crippen LogP contribution in [0.1, 0.15) is 32.3 Å². The molecule has 0 radical (unpaired) electrons. The number of rotatable bonds is 1. The zero-order valence-corrected chi connectivity index (χ0v) is 10.5. The van der Waals surface area contributed by atoms with Crippen LogP contribution < -0.4 is 10.6 Å². The van der Waals surface area contributed by atoms with Gasteiger partial charge in [-0.25, -0.2) is 0 Å². The lowest BCUT2D eigenvalue weighted by atomic mass is 9.94. The third-order valence-electron chi connectivity index (χ3n) is 3.61. The number of nitrogens with two attached hydrogens (primary N) is 1. The summed E-state index contributed by atoms with van der Waals surface area (Å²) in [5.41, 5.74) is 9.48. The molecular weight excluding hydrogens is 196 g/mol. The summed E-state index contributed by atoms with van der Waals surface area (Å²) in [5, 5.41) is 0. The minimum Gasteiger partial charge on any atom is -0.397 e. The molecule has 1 aromatic carbocycles. The highest BCUT2D eigenvalue weighted by Gasteiger charge is 2.24. The van der Waals surface area contributed by atoms with Crippen molar-refractivity contribution in [2.45, 2.75) is 39.7 Å². The van der Waals surface area contributed by atoms with Gasteiger partial charge in [0.15, 0.2) is 0 Å². The number of hydrogen-bond acceptors (Lipinski definition) is 2. The summed E-state index contributed by atoms with van der Waals surface area (Å²) in [6, 6.07) is 7.00. The largest absolute Gasteiger partial charge is 0.397 e. The average molecular weight is 218 g/mol. The highest BCUT2D eigenvalue weighted by Crippen LogP contribution is 2.31. The molecule has 0 spiro atoms. The Morgan fingerprint density at radius 3 is 2.69 bits per heavy atom. The van der Waals surface area contributed by atoms with E-state index >= 15 is 0 Å². The first-order valence-electron chi connectivity index (χ1n) is 6.20. The van der Waals surface area contributed by atoms with E-state index in [2.05, 4.69) is 43.9 Å². The third kappa shape index (κ3) is 2.16. The fraction of sp³-hybridized carbons (Fsp3) is 0.571. The molecule has 2 nitrogen and oxygen atoms in total. The van der Waals surface area contributed by atoms with Crippen molar-refractivity contribution in [3.8, 4) is 0 Å². The molecule has 0 saturated carbocycles. The molecule has 1 aliphatic rings. The molecule has 2 unspecified atom stereocenters. The van der Waals surface area contributed by atoms with Gasteiger partial charge < -0.3 is 10.6 Å². The van der Waals surface area contributed by atoms with Gasteiger partial charge in [-0.2, -0.15) is 0 Å². The number of benzene rings is 1. The van der Waals surface area contributed by atoms with Crippen LogP contribution in [-0.4, -0.2) is 12.6 Å². The maximum atomic E-state index is 6.12. The van der Waals surface area contributed by atoms with Crippen LogP contribution in [0.3, 0.4) is 0 Å². The summed E-state index contributed by atoms with van der Waals surface area (Å²) in [7, 11) is 0. The molecule has 1 fully saturated rings. The first-order chi connectivity index (χ1) is 7.58. The van der Waals surface area contributed by atoms with Crippen LogP contribution in [0.15, 0.2) is 18.2 Å². The lowest BCUT2D eigenvalue weighted by Gasteiger charge is -2.39. The summed E-state index contributed by atoms with van der Waals surface area (Å²) < 4.78 is 0. The van der Waals surface area contributed by atoms with Crippen LogP contribution in [-0.2, 0) is 0 Å². The fourth-order valence-electron chi connectivity index (χ4n) is 2.56. The Kier molecular flexibility index (Phi) is 3.08. The van der Waals surface area contributed by atoms with E-state index in [4.69, 9.17) is 5.73 Å². The van der Waals surface area contributed by atoms with Crippen molar-refractivity contribution >= 4 is 11.4 Å². The minimum absolute atomic E-state index is 0.612. The second-order valence-corrected chi connectivity index (χ2v) is 5.25. The first-order valence-corrected chi connectivity index (χ1v) is 6.20. The number of nitrogens with zero attached hydrogens (tertiary/aromatic N) is 1. The SMILES string of the molecule is Cc1ccc(N2CC(C)CCC2C)c(N)c1. The lowest BCUT2D eigenvalue weighted by Crippen LogP contribution is -2.41. The zero-order chi connectivity index (χ0) is 11.7. The molecule has 1 aromatic rings. The predicted molar refractivity (Wildman–Crippen MR) is 70.8 cm³/mol. The second kappa shape index (κ2) is 4.36. The molecule has 0 aliphatic carbocycles. The normalized spacial score (nSPS) is 25.8. The van der Waals surface area contributed by atoms with E-state index in [-0.39, 0.29) is 0 Å². The molecule has 0 aromatic heterocycles. The van der Waals surface area contributed by atoms with E-state index in [1.807, 2.05) is 0 Å². The predicted octanol–water partition coefficient (Wildman–Crippen LogP) is 3.20. The van der Waals surface area contributed by atoms with Crippen LogP contribution in [0, 0.1) is 12.8 Å². The average Bonchev–Trinajstić information content (AvgIpc) is 2.22. The molecule has 0 bridgehead atoms. The smallest absolute Gasteiger partial charge is 0.0602 e. The first kappa shape index (κ1) is 11.3. The number of nitrogen functional groups attached to an aromatic ring is 1. The van der Waals surface area contributed by atoms with Crippen LogP contribution >= 0.6 is 0 Å². The topological polar surface area (TPSA) is 29.3 Å². The molecule has 1 heterocycles. The van der Waals surface area contributed by atoms with Gasteiger partial charge in [-0.1, -0.05) is 13.0 Å². The Balaban J connectivity index is 2.28. The van der Waals surface area contributed by atoms with Gasteiger partial charge in [0.05, 0.1) is 11.4 Å². The van der Waals surface area contributed by atoms with Gasteiger partial charge in [0.1, 0.15) is 0 Å².